The zero-order valence-electron chi connectivity index (χ0n) is 9.83. The van der Waals surface area contributed by atoms with Crippen molar-refractivity contribution in [1.29, 1.82) is 0 Å². The first kappa shape index (κ1) is 12.6. The minimum atomic E-state index is -3.76. The number of rotatable bonds is 3. The molecule has 0 saturated carbocycles. The Balaban J connectivity index is 2.70. The third-order valence-corrected chi connectivity index (χ3v) is 3.55. The SMILES string of the molecule is COc1ccc(S(N)(=O)=O)c(-c2ccccc2)c1. The van der Waals surface area contributed by atoms with Crippen LogP contribution in [-0.2, 0) is 10.0 Å². The summed E-state index contributed by atoms with van der Waals surface area (Å²) < 4.78 is 28.2. The van der Waals surface area contributed by atoms with Gasteiger partial charge in [0.05, 0.1) is 12.0 Å². The molecule has 0 amide bonds. The first-order chi connectivity index (χ1) is 8.52. The topological polar surface area (TPSA) is 69.4 Å². The number of benzene rings is 2. The highest BCUT2D eigenvalue weighted by molar-refractivity contribution is 7.89. The molecule has 0 spiro atoms. The second kappa shape index (κ2) is 4.80. The van der Waals surface area contributed by atoms with E-state index in [4.69, 9.17) is 9.88 Å². The standard InChI is InChI=1S/C13H13NO3S/c1-17-11-7-8-13(18(14,15)16)12(9-11)10-5-3-2-4-6-10/h2-9H,1H3,(H2,14,15,16). The zero-order chi connectivity index (χ0) is 13.2. The molecule has 4 nitrogen and oxygen atoms in total. The van der Waals surface area contributed by atoms with Gasteiger partial charge < -0.3 is 4.74 Å². The molecule has 2 rings (SSSR count). The number of hydrogen-bond donors (Lipinski definition) is 1. The van der Waals surface area contributed by atoms with Crippen molar-refractivity contribution in [2.75, 3.05) is 7.11 Å². The van der Waals surface area contributed by atoms with Crippen molar-refractivity contribution in [3.05, 3.63) is 48.5 Å². The van der Waals surface area contributed by atoms with Crippen molar-refractivity contribution in [2.24, 2.45) is 5.14 Å². The summed E-state index contributed by atoms with van der Waals surface area (Å²) >= 11 is 0. The molecule has 94 valence electrons. The zero-order valence-corrected chi connectivity index (χ0v) is 10.6. The normalized spacial score (nSPS) is 11.2. The second-order valence-corrected chi connectivity index (χ2v) is 5.30. The Morgan fingerprint density at radius 2 is 1.72 bits per heavy atom. The Morgan fingerprint density at radius 3 is 2.28 bits per heavy atom. The van der Waals surface area contributed by atoms with Gasteiger partial charge in [0.15, 0.2) is 0 Å². The van der Waals surface area contributed by atoms with E-state index in [2.05, 4.69) is 0 Å². The highest BCUT2D eigenvalue weighted by Gasteiger charge is 2.15. The van der Waals surface area contributed by atoms with Crippen molar-refractivity contribution in [3.8, 4) is 16.9 Å². The van der Waals surface area contributed by atoms with Gasteiger partial charge in [-0.05, 0) is 23.8 Å². The predicted octanol–water partition coefficient (Wildman–Crippen LogP) is 2.01. The van der Waals surface area contributed by atoms with E-state index in [-0.39, 0.29) is 4.90 Å². The molecular formula is C13H13NO3S. The van der Waals surface area contributed by atoms with Crippen LogP contribution in [0, 0.1) is 0 Å². The molecule has 18 heavy (non-hydrogen) atoms. The summed E-state index contributed by atoms with van der Waals surface area (Å²) in [6.07, 6.45) is 0. The fourth-order valence-corrected chi connectivity index (χ4v) is 2.47. The van der Waals surface area contributed by atoms with E-state index in [0.29, 0.717) is 11.3 Å². The third-order valence-electron chi connectivity index (χ3n) is 2.58. The molecule has 0 saturated heterocycles. The first-order valence-corrected chi connectivity index (χ1v) is 6.83. The lowest BCUT2D eigenvalue weighted by molar-refractivity contribution is 0.414. The minimum Gasteiger partial charge on any atom is -0.497 e. The van der Waals surface area contributed by atoms with Crippen LogP contribution >= 0.6 is 0 Å². The van der Waals surface area contributed by atoms with Crippen molar-refractivity contribution >= 4 is 10.0 Å². The van der Waals surface area contributed by atoms with Crippen molar-refractivity contribution < 1.29 is 13.2 Å². The van der Waals surface area contributed by atoms with Gasteiger partial charge in [0, 0.05) is 5.56 Å². The molecule has 0 aliphatic rings. The molecule has 0 heterocycles. The number of ether oxygens (including phenoxy) is 1. The molecule has 0 fully saturated rings. The van der Waals surface area contributed by atoms with Crippen LogP contribution in [0.25, 0.3) is 11.1 Å². The van der Waals surface area contributed by atoms with Crippen LogP contribution in [0.15, 0.2) is 53.4 Å². The van der Waals surface area contributed by atoms with Crippen LogP contribution in [0.2, 0.25) is 0 Å². The van der Waals surface area contributed by atoms with E-state index < -0.39 is 10.0 Å². The van der Waals surface area contributed by atoms with Gasteiger partial charge in [-0.2, -0.15) is 0 Å². The first-order valence-electron chi connectivity index (χ1n) is 5.28. The van der Waals surface area contributed by atoms with Gasteiger partial charge in [0.25, 0.3) is 0 Å². The highest BCUT2D eigenvalue weighted by Crippen LogP contribution is 2.30. The monoisotopic (exact) mass is 263 g/mol. The molecule has 2 aromatic rings. The van der Waals surface area contributed by atoms with Gasteiger partial charge in [0.1, 0.15) is 5.75 Å². The average Bonchev–Trinajstić information content (AvgIpc) is 2.38. The Morgan fingerprint density at radius 1 is 1.06 bits per heavy atom. The minimum absolute atomic E-state index is 0.0921. The molecular weight excluding hydrogens is 250 g/mol. The molecule has 0 radical (unpaired) electrons. The van der Waals surface area contributed by atoms with Crippen LogP contribution in [0.4, 0.5) is 0 Å². The summed E-state index contributed by atoms with van der Waals surface area (Å²) in [6.45, 7) is 0. The van der Waals surface area contributed by atoms with Crippen LogP contribution in [0.3, 0.4) is 0 Å². The van der Waals surface area contributed by atoms with E-state index >= 15 is 0 Å². The largest absolute Gasteiger partial charge is 0.497 e. The van der Waals surface area contributed by atoms with Gasteiger partial charge in [-0.15, -0.1) is 0 Å². The van der Waals surface area contributed by atoms with E-state index in [0.717, 1.165) is 5.56 Å². The van der Waals surface area contributed by atoms with Crippen LogP contribution in [0.1, 0.15) is 0 Å². The van der Waals surface area contributed by atoms with Gasteiger partial charge in [-0.3, -0.25) is 0 Å². The summed E-state index contributed by atoms with van der Waals surface area (Å²) in [5.74, 6) is 0.584. The number of nitrogens with two attached hydrogens (primary N) is 1. The smallest absolute Gasteiger partial charge is 0.238 e. The fourth-order valence-electron chi connectivity index (χ4n) is 1.73. The molecule has 0 aliphatic carbocycles. The summed E-state index contributed by atoms with van der Waals surface area (Å²) in [6, 6.07) is 13.9. The van der Waals surface area contributed by atoms with Gasteiger partial charge in [0.2, 0.25) is 10.0 Å². The van der Waals surface area contributed by atoms with Crippen LogP contribution in [0.5, 0.6) is 5.75 Å². The number of methoxy groups -OCH3 is 1. The van der Waals surface area contributed by atoms with E-state index in [1.165, 1.54) is 13.2 Å². The fraction of sp³-hybridized carbons (Fsp3) is 0.0769. The van der Waals surface area contributed by atoms with Crippen LogP contribution in [-0.4, -0.2) is 15.5 Å². The maximum atomic E-state index is 11.6. The third kappa shape index (κ3) is 2.52. The maximum absolute atomic E-state index is 11.6. The molecule has 0 aliphatic heterocycles. The molecule has 2 N–H and O–H groups in total. The molecule has 0 aromatic heterocycles. The van der Waals surface area contributed by atoms with Crippen molar-refractivity contribution in [3.63, 3.8) is 0 Å². The van der Waals surface area contributed by atoms with E-state index in [1.807, 2.05) is 30.3 Å². The lowest BCUT2D eigenvalue weighted by atomic mass is 10.1. The Labute approximate surface area is 106 Å². The van der Waals surface area contributed by atoms with Gasteiger partial charge >= 0.3 is 0 Å². The average molecular weight is 263 g/mol. The summed E-state index contributed by atoms with van der Waals surface area (Å²) in [4.78, 5) is 0.0921. The Bertz CT molecular complexity index is 651. The molecule has 0 unspecified atom stereocenters. The number of sulfonamides is 1. The van der Waals surface area contributed by atoms with Crippen LogP contribution < -0.4 is 9.88 Å². The Kier molecular flexibility index (Phi) is 3.36. The highest BCUT2D eigenvalue weighted by atomic mass is 32.2. The van der Waals surface area contributed by atoms with E-state index in [9.17, 15) is 8.42 Å². The number of hydrogen-bond acceptors (Lipinski definition) is 3. The van der Waals surface area contributed by atoms with Crippen molar-refractivity contribution in [1.82, 2.24) is 0 Å². The summed E-state index contributed by atoms with van der Waals surface area (Å²) in [5.41, 5.74) is 1.32. The lowest BCUT2D eigenvalue weighted by Gasteiger charge is -2.10. The molecule has 0 atom stereocenters. The molecule has 5 heteroatoms. The Hall–Kier alpha value is -1.85. The van der Waals surface area contributed by atoms with Crippen molar-refractivity contribution in [2.45, 2.75) is 4.90 Å². The van der Waals surface area contributed by atoms with Gasteiger partial charge in [-0.1, -0.05) is 30.3 Å². The number of primary sulfonamides is 1. The maximum Gasteiger partial charge on any atom is 0.238 e. The quantitative estimate of drug-likeness (QED) is 0.921. The molecule has 2 aromatic carbocycles. The second-order valence-electron chi connectivity index (χ2n) is 3.77. The lowest BCUT2D eigenvalue weighted by Crippen LogP contribution is -2.13. The molecule has 0 bridgehead atoms. The van der Waals surface area contributed by atoms with E-state index in [1.54, 1.807) is 12.1 Å². The predicted molar refractivity (Wildman–Crippen MR) is 69.8 cm³/mol. The van der Waals surface area contributed by atoms with Gasteiger partial charge in [-0.25, -0.2) is 13.6 Å². The summed E-state index contributed by atoms with van der Waals surface area (Å²) in [5, 5.41) is 5.22. The summed E-state index contributed by atoms with van der Waals surface area (Å²) in [7, 11) is -2.23.